The van der Waals surface area contributed by atoms with Crippen LogP contribution in [-0.4, -0.2) is 26.2 Å². The highest BCUT2D eigenvalue weighted by atomic mass is 32.2. The Morgan fingerprint density at radius 3 is 2.42 bits per heavy atom. The van der Waals surface area contributed by atoms with Crippen LogP contribution in [0.1, 0.15) is 34.5 Å². The zero-order valence-corrected chi connectivity index (χ0v) is 18.2. The molecule has 3 aromatic rings. The van der Waals surface area contributed by atoms with E-state index in [-0.39, 0.29) is 33.6 Å². The molecule has 1 aromatic heterocycles. The molecular weight excluding hydrogens is 457 g/mol. The molecule has 1 aliphatic carbocycles. The lowest BCUT2D eigenvalue weighted by molar-refractivity contribution is -0.137. The Bertz CT molecular complexity index is 1270. The number of carbonyl (C=O) groups excluding carboxylic acids is 1. The molecule has 1 atom stereocenters. The van der Waals surface area contributed by atoms with E-state index in [4.69, 9.17) is 0 Å². The summed E-state index contributed by atoms with van der Waals surface area (Å²) in [6.45, 7) is 1.46. The highest BCUT2D eigenvalue weighted by Crippen LogP contribution is 2.31. The number of hydrogen-bond acceptors (Lipinski definition) is 4. The van der Waals surface area contributed by atoms with E-state index in [0.717, 1.165) is 35.6 Å². The van der Waals surface area contributed by atoms with Gasteiger partial charge in [0, 0.05) is 29.0 Å². The minimum Gasteiger partial charge on any atom is -0.606 e. The first kappa shape index (κ1) is 22.9. The highest BCUT2D eigenvalue weighted by molar-refractivity contribution is 7.91. The van der Waals surface area contributed by atoms with E-state index in [9.17, 15) is 32.4 Å². The van der Waals surface area contributed by atoms with Gasteiger partial charge in [0.15, 0.2) is 9.79 Å². The molecule has 10 heteroatoms. The van der Waals surface area contributed by atoms with E-state index in [1.165, 1.54) is 43.3 Å². The van der Waals surface area contributed by atoms with Crippen LogP contribution >= 0.6 is 0 Å². The maximum atomic E-state index is 13.3. The van der Waals surface area contributed by atoms with Crippen molar-refractivity contribution in [2.24, 2.45) is 0 Å². The summed E-state index contributed by atoms with van der Waals surface area (Å²) in [5.74, 6) is -0.710. The molecule has 1 saturated carbocycles. The predicted molar refractivity (Wildman–Crippen MR) is 115 cm³/mol. The Labute approximate surface area is 189 Å². The number of nitrogens with one attached hydrogen (secondary N) is 1. The van der Waals surface area contributed by atoms with Gasteiger partial charge in [-0.15, -0.1) is 0 Å². The maximum absolute atomic E-state index is 13.3. The molecule has 0 bridgehead atoms. The van der Waals surface area contributed by atoms with Crippen molar-refractivity contribution in [1.82, 2.24) is 9.88 Å². The molecule has 1 amide bonds. The predicted octanol–water partition coefficient (Wildman–Crippen LogP) is 3.93. The van der Waals surface area contributed by atoms with Gasteiger partial charge in [0.25, 0.3) is 11.5 Å². The van der Waals surface area contributed by atoms with Gasteiger partial charge in [-0.25, -0.2) is 0 Å². The number of halogens is 3. The van der Waals surface area contributed by atoms with Crippen LogP contribution < -0.4 is 10.9 Å². The van der Waals surface area contributed by atoms with Crippen LogP contribution in [0.3, 0.4) is 0 Å². The van der Waals surface area contributed by atoms with Crippen molar-refractivity contribution in [1.29, 1.82) is 0 Å². The van der Waals surface area contributed by atoms with Crippen LogP contribution in [0.5, 0.6) is 5.75 Å². The second-order valence-corrected chi connectivity index (χ2v) is 9.16. The molecule has 0 aliphatic heterocycles. The van der Waals surface area contributed by atoms with Crippen molar-refractivity contribution in [3.63, 3.8) is 0 Å². The summed E-state index contributed by atoms with van der Waals surface area (Å²) in [7, 11) is 0. The van der Waals surface area contributed by atoms with Gasteiger partial charge in [-0.2, -0.15) is 13.2 Å². The molecule has 172 valence electrons. The van der Waals surface area contributed by atoms with Crippen molar-refractivity contribution in [2.45, 2.75) is 41.8 Å². The number of rotatable bonds is 5. The number of aromatic hydroxyl groups is 1. The normalized spacial score (nSPS) is 14.7. The minimum absolute atomic E-state index is 0.0362. The molecule has 1 fully saturated rings. The fraction of sp³-hybridized carbons (Fsp3) is 0.217. The fourth-order valence-electron chi connectivity index (χ4n) is 3.35. The van der Waals surface area contributed by atoms with Gasteiger partial charge in [0.2, 0.25) is 0 Å². The topological polar surface area (TPSA) is 94.4 Å². The minimum atomic E-state index is -4.63. The molecule has 2 aromatic carbocycles. The molecule has 0 radical (unpaired) electrons. The summed E-state index contributed by atoms with van der Waals surface area (Å²) < 4.78 is 54.1. The highest BCUT2D eigenvalue weighted by Gasteiger charge is 2.32. The summed E-state index contributed by atoms with van der Waals surface area (Å²) in [6, 6.07) is 10.9. The number of benzene rings is 2. The number of nitrogens with zero attached hydrogens (tertiary/aromatic N) is 1. The van der Waals surface area contributed by atoms with E-state index < -0.39 is 34.4 Å². The summed E-state index contributed by atoms with van der Waals surface area (Å²) in [5.41, 5.74) is -2.05. The Balaban J connectivity index is 1.91. The van der Waals surface area contributed by atoms with Crippen LogP contribution in [0.25, 0.3) is 5.69 Å². The quantitative estimate of drug-likeness (QED) is 0.546. The number of alkyl halides is 3. The molecule has 0 saturated heterocycles. The summed E-state index contributed by atoms with van der Waals surface area (Å²) in [6.07, 6.45) is -3.09. The SMILES string of the molecule is Cc1c([S+]([O-])c2ccc(O)cc2)cc(C(=O)NC2CC2)c(=O)n1-c1cccc(C(F)(F)F)c1. The lowest BCUT2D eigenvalue weighted by Crippen LogP contribution is -2.35. The van der Waals surface area contributed by atoms with Gasteiger partial charge in [0.05, 0.1) is 11.3 Å². The van der Waals surface area contributed by atoms with Gasteiger partial charge >= 0.3 is 6.18 Å². The zero-order valence-electron chi connectivity index (χ0n) is 17.3. The van der Waals surface area contributed by atoms with Crippen LogP contribution in [0.15, 0.2) is 69.2 Å². The molecule has 6 nitrogen and oxygen atoms in total. The lowest BCUT2D eigenvalue weighted by Gasteiger charge is -2.19. The van der Waals surface area contributed by atoms with E-state index >= 15 is 0 Å². The number of phenolic OH excluding ortho intramolecular Hbond substituents is 1. The molecule has 1 unspecified atom stereocenters. The number of amides is 1. The van der Waals surface area contributed by atoms with Crippen LogP contribution in [0, 0.1) is 6.92 Å². The van der Waals surface area contributed by atoms with Gasteiger partial charge in [0.1, 0.15) is 11.3 Å². The summed E-state index contributed by atoms with van der Waals surface area (Å²) in [4.78, 5) is 26.4. The fourth-order valence-corrected chi connectivity index (χ4v) is 4.57. The van der Waals surface area contributed by atoms with Crippen molar-refractivity contribution in [2.75, 3.05) is 0 Å². The number of aromatic nitrogens is 1. The third-order valence-electron chi connectivity index (χ3n) is 5.24. The van der Waals surface area contributed by atoms with Gasteiger partial charge in [-0.05, 0) is 62.2 Å². The Morgan fingerprint density at radius 2 is 1.82 bits per heavy atom. The Kier molecular flexibility index (Phi) is 5.98. The van der Waals surface area contributed by atoms with Crippen LogP contribution in [0.2, 0.25) is 0 Å². The summed E-state index contributed by atoms with van der Waals surface area (Å²) >= 11 is -1.88. The van der Waals surface area contributed by atoms with E-state index in [1.807, 2.05) is 0 Å². The van der Waals surface area contributed by atoms with Crippen LogP contribution in [0.4, 0.5) is 13.2 Å². The van der Waals surface area contributed by atoms with Crippen molar-refractivity contribution in [3.8, 4) is 11.4 Å². The first-order valence-corrected chi connectivity index (χ1v) is 11.2. The molecule has 1 aliphatic rings. The smallest absolute Gasteiger partial charge is 0.416 e. The Morgan fingerprint density at radius 1 is 1.15 bits per heavy atom. The van der Waals surface area contributed by atoms with Gasteiger partial charge < -0.3 is 15.0 Å². The van der Waals surface area contributed by atoms with Crippen molar-refractivity contribution < 1.29 is 27.6 Å². The lowest BCUT2D eigenvalue weighted by atomic mass is 10.1. The van der Waals surface area contributed by atoms with Crippen molar-refractivity contribution in [3.05, 3.63) is 81.8 Å². The molecule has 2 N–H and O–H groups in total. The third-order valence-corrected chi connectivity index (χ3v) is 6.75. The maximum Gasteiger partial charge on any atom is 0.416 e. The summed E-state index contributed by atoms with van der Waals surface area (Å²) in [5, 5.41) is 12.2. The molecule has 0 spiro atoms. The second-order valence-electron chi connectivity index (χ2n) is 7.71. The van der Waals surface area contributed by atoms with E-state index in [2.05, 4.69) is 5.32 Å². The second kappa shape index (κ2) is 8.60. The molecular formula is C23H19F3N2O4S. The zero-order chi connectivity index (χ0) is 23.9. The van der Waals surface area contributed by atoms with E-state index in [0.29, 0.717) is 4.90 Å². The molecule has 4 rings (SSSR count). The van der Waals surface area contributed by atoms with Crippen molar-refractivity contribution >= 4 is 17.1 Å². The van der Waals surface area contributed by atoms with Crippen LogP contribution in [-0.2, 0) is 17.4 Å². The van der Waals surface area contributed by atoms with E-state index in [1.54, 1.807) is 0 Å². The van der Waals surface area contributed by atoms with Gasteiger partial charge in [-0.1, -0.05) is 6.07 Å². The largest absolute Gasteiger partial charge is 0.606 e. The average molecular weight is 476 g/mol. The Hall–Kier alpha value is -3.24. The molecule has 1 heterocycles. The van der Waals surface area contributed by atoms with Gasteiger partial charge in [-0.3, -0.25) is 14.2 Å². The third kappa shape index (κ3) is 4.76. The molecule has 33 heavy (non-hydrogen) atoms. The number of pyridine rings is 1. The number of carbonyl (C=O) groups is 1. The average Bonchev–Trinajstić information content (AvgIpc) is 3.57. The monoisotopic (exact) mass is 476 g/mol. The first-order chi connectivity index (χ1) is 15.6. The number of phenols is 1. The standard InChI is InChI=1S/C23H19F3N2O4S/c1-13-20(33(32)18-9-7-17(29)8-10-18)12-19(21(30)27-15-5-6-15)22(31)28(13)16-4-2-3-14(11-16)23(24,25)26/h2-4,7-12,15,29H,5-6H2,1H3,(H,27,30). The number of hydrogen-bond donors (Lipinski definition) is 2. The first-order valence-electron chi connectivity index (χ1n) is 10.0.